The summed E-state index contributed by atoms with van der Waals surface area (Å²) < 4.78 is 20.7. The lowest BCUT2D eigenvalue weighted by molar-refractivity contribution is 0.101. The number of Topliss-reactive ketones (excluding diaryl/α,β-unsaturated/α-hetero) is 1. The number of urea groups is 1. The zero-order valence-corrected chi connectivity index (χ0v) is 15.9. The fourth-order valence-electron chi connectivity index (χ4n) is 2.91. The minimum atomic E-state index is -0.767. The van der Waals surface area contributed by atoms with Crippen molar-refractivity contribution >= 4 is 17.8 Å². The molecule has 0 aliphatic rings. The third-order valence-electron chi connectivity index (χ3n) is 4.30. The molecule has 1 heterocycles. The molecule has 8 heteroatoms. The molecule has 0 saturated carbocycles. The maximum absolute atomic E-state index is 15.4. The van der Waals surface area contributed by atoms with Crippen molar-refractivity contribution in [1.82, 2.24) is 9.97 Å². The molecule has 2 aromatic carbocycles. The number of amides is 2. The van der Waals surface area contributed by atoms with Crippen LogP contribution in [0.1, 0.15) is 28.4 Å². The number of primary amides is 1. The van der Waals surface area contributed by atoms with Gasteiger partial charge < -0.3 is 10.5 Å². The van der Waals surface area contributed by atoms with Crippen LogP contribution in [0.3, 0.4) is 0 Å². The van der Waals surface area contributed by atoms with E-state index in [0.717, 1.165) is 0 Å². The van der Waals surface area contributed by atoms with Gasteiger partial charge in [0.1, 0.15) is 11.6 Å². The van der Waals surface area contributed by atoms with E-state index in [2.05, 4.69) is 15.3 Å². The van der Waals surface area contributed by atoms with Crippen LogP contribution in [0.5, 0.6) is 5.75 Å². The van der Waals surface area contributed by atoms with Gasteiger partial charge >= 0.3 is 6.03 Å². The molecule has 0 fully saturated rings. The highest BCUT2D eigenvalue weighted by Crippen LogP contribution is 2.35. The van der Waals surface area contributed by atoms with Crippen molar-refractivity contribution in [2.45, 2.75) is 13.3 Å². The second-order valence-corrected chi connectivity index (χ2v) is 6.33. The number of ketones is 1. The van der Waals surface area contributed by atoms with Crippen molar-refractivity contribution in [2.24, 2.45) is 5.73 Å². The number of rotatable bonds is 6. The molecule has 0 atom stereocenters. The van der Waals surface area contributed by atoms with Crippen LogP contribution in [0, 0.1) is 5.82 Å². The van der Waals surface area contributed by atoms with Gasteiger partial charge in [-0.15, -0.1) is 0 Å². The Bertz CT molecular complexity index is 1070. The van der Waals surface area contributed by atoms with Crippen LogP contribution in [-0.4, -0.2) is 28.9 Å². The van der Waals surface area contributed by atoms with Crippen LogP contribution < -0.4 is 15.8 Å². The van der Waals surface area contributed by atoms with Gasteiger partial charge in [-0.3, -0.25) is 10.1 Å². The highest BCUT2D eigenvalue weighted by atomic mass is 19.1. The van der Waals surface area contributed by atoms with Gasteiger partial charge in [-0.25, -0.2) is 19.2 Å². The number of nitrogens with one attached hydrogen (secondary N) is 1. The normalized spacial score (nSPS) is 10.4. The number of anilines is 1. The number of aromatic nitrogens is 2. The fraction of sp³-hybridized carbons (Fsp3) is 0.143. The predicted molar refractivity (Wildman–Crippen MR) is 106 cm³/mol. The Morgan fingerprint density at radius 1 is 1.17 bits per heavy atom. The minimum Gasteiger partial charge on any atom is -0.496 e. The molecular weight excluding hydrogens is 375 g/mol. The van der Waals surface area contributed by atoms with E-state index in [1.165, 1.54) is 26.4 Å². The number of nitrogens with zero attached hydrogens (tertiary/aromatic N) is 2. The highest BCUT2D eigenvalue weighted by Gasteiger charge is 2.17. The average Bonchev–Trinajstić information content (AvgIpc) is 2.70. The number of carbonyl (C=O) groups is 2. The van der Waals surface area contributed by atoms with E-state index in [4.69, 9.17) is 10.5 Å². The van der Waals surface area contributed by atoms with E-state index >= 15 is 4.39 Å². The standard InChI is InChI=1S/C21H19FN4O3/c1-12(27)14-4-3-5-15(9-14)18-17(29-2)7-6-16(19(18)22)8-13-10-24-21(25-11-13)26-20(23)28/h3-7,9-11H,8H2,1-2H3,(H3,23,24,25,26,28). The Balaban J connectivity index is 1.98. The summed E-state index contributed by atoms with van der Waals surface area (Å²) in [4.78, 5) is 30.5. The molecule has 7 nitrogen and oxygen atoms in total. The van der Waals surface area contributed by atoms with Gasteiger partial charge in [-0.05, 0) is 35.7 Å². The number of nitrogens with two attached hydrogens (primary N) is 1. The molecule has 0 bridgehead atoms. The first-order chi connectivity index (χ1) is 13.9. The van der Waals surface area contributed by atoms with Crippen LogP contribution in [0.2, 0.25) is 0 Å². The first-order valence-electron chi connectivity index (χ1n) is 8.73. The maximum atomic E-state index is 15.4. The molecule has 29 heavy (non-hydrogen) atoms. The molecule has 0 spiro atoms. The molecule has 0 aliphatic heterocycles. The Hall–Kier alpha value is -3.81. The van der Waals surface area contributed by atoms with Gasteiger partial charge in [0.05, 0.1) is 12.7 Å². The first-order valence-corrected chi connectivity index (χ1v) is 8.73. The predicted octanol–water partition coefficient (Wildman–Crippen LogP) is 3.58. The van der Waals surface area contributed by atoms with Crippen molar-refractivity contribution in [3.05, 3.63) is 71.3 Å². The second kappa shape index (κ2) is 8.47. The summed E-state index contributed by atoms with van der Waals surface area (Å²) in [7, 11) is 1.46. The third-order valence-corrected chi connectivity index (χ3v) is 4.30. The number of methoxy groups -OCH3 is 1. The molecule has 0 aliphatic carbocycles. The molecule has 3 rings (SSSR count). The van der Waals surface area contributed by atoms with Crippen LogP contribution in [0.15, 0.2) is 48.8 Å². The van der Waals surface area contributed by atoms with Gasteiger partial charge in [0.2, 0.25) is 5.95 Å². The van der Waals surface area contributed by atoms with Crippen molar-refractivity contribution in [3.63, 3.8) is 0 Å². The average molecular weight is 394 g/mol. The quantitative estimate of drug-likeness (QED) is 0.622. The lowest BCUT2D eigenvalue weighted by atomic mass is 9.96. The Labute approximate surface area is 166 Å². The molecule has 0 saturated heterocycles. The molecule has 3 aromatic rings. The number of carbonyl (C=O) groups excluding carboxylic acids is 2. The molecular formula is C21H19FN4O3. The Kier molecular flexibility index (Phi) is 5.82. The SMILES string of the molecule is COc1ccc(Cc2cnc(NC(N)=O)nc2)c(F)c1-c1cccc(C(C)=O)c1. The lowest BCUT2D eigenvalue weighted by Gasteiger charge is -2.14. The van der Waals surface area contributed by atoms with Crippen LogP contribution in [0.4, 0.5) is 15.1 Å². The fourth-order valence-corrected chi connectivity index (χ4v) is 2.91. The summed E-state index contributed by atoms with van der Waals surface area (Å²) in [5, 5.41) is 2.27. The van der Waals surface area contributed by atoms with E-state index in [0.29, 0.717) is 28.0 Å². The summed E-state index contributed by atoms with van der Waals surface area (Å²) in [6.07, 6.45) is 3.20. The summed E-state index contributed by atoms with van der Waals surface area (Å²) in [6.45, 7) is 1.46. The zero-order valence-electron chi connectivity index (χ0n) is 15.9. The van der Waals surface area contributed by atoms with Gasteiger partial charge in [0.25, 0.3) is 0 Å². The Morgan fingerprint density at radius 3 is 2.52 bits per heavy atom. The summed E-state index contributed by atoms with van der Waals surface area (Å²) in [6, 6.07) is 9.29. The molecule has 0 unspecified atom stereocenters. The van der Waals surface area contributed by atoms with Crippen molar-refractivity contribution < 1.29 is 18.7 Å². The minimum absolute atomic E-state index is 0.0678. The van der Waals surface area contributed by atoms with Crippen LogP contribution >= 0.6 is 0 Å². The van der Waals surface area contributed by atoms with E-state index in [-0.39, 0.29) is 23.7 Å². The lowest BCUT2D eigenvalue weighted by Crippen LogP contribution is -2.20. The van der Waals surface area contributed by atoms with Gasteiger partial charge in [0, 0.05) is 24.4 Å². The zero-order chi connectivity index (χ0) is 21.0. The van der Waals surface area contributed by atoms with Crippen LogP contribution in [-0.2, 0) is 6.42 Å². The number of benzene rings is 2. The summed E-state index contributed by atoms with van der Waals surface area (Å²) in [5.74, 6) is -0.129. The van der Waals surface area contributed by atoms with Gasteiger partial charge in [-0.2, -0.15) is 0 Å². The van der Waals surface area contributed by atoms with Crippen LogP contribution in [0.25, 0.3) is 11.1 Å². The number of halogens is 1. The van der Waals surface area contributed by atoms with Gasteiger partial charge in [-0.1, -0.05) is 24.3 Å². The molecule has 2 amide bonds. The van der Waals surface area contributed by atoms with Gasteiger partial charge in [0.15, 0.2) is 5.78 Å². The van der Waals surface area contributed by atoms with E-state index in [1.807, 2.05) is 0 Å². The monoisotopic (exact) mass is 394 g/mol. The summed E-state index contributed by atoms with van der Waals surface area (Å²) >= 11 is 0. The number of ether oxygens (including phenoxy) is 1. The smallest absolute Gasteiger partial charge is 0.319 e. The first kappa shape index (κ1) is 19.9. The highest BCUT2D eigenvalue weighted by molar-refractivity contribution is 5.95. The topological polar surface area (TPSA) is 107 Å². The number of hydrogen-bond acceptors (Lipinski definition) is 5. The molecule has 3 N–H and O–H groups in total. The largest absolute Gasteiger partial charge is 0.496 e. The van der Waals surface area contributed by atoms with Crippen molar-refractivity contribution in [3.8, 4) is 16.9 Å². The molecule has 1 aromatic heterocycles. The molecule has 0 radical (unpaired) electrons. The second-order valence-electron chi connectivity index (χ2n) is 6.33. The summed E-state index contributed by atoms with van der Waals surface area (Å²) in [5.41, 5.74) is 7.39. The number of hydrogen-bond donors (Lipinski definition) is 2. The van der Waals surface area contributed by atoms with Crippen molar-refractivity contribution in [1.29, 1.82) is 0 Å². The maximum Gasteiger partial charge on any atom is 0.319 e. The van der Waals surface area contributed by atoms with Crippen molar-refractivity contribution in [2.75, 3.05) is 12.4 Å². The van der Waals surface area contributed by atoms with E-state index in [9.17, 15) is 9.59 Å². The van der Waals surface area contributed by atoms with E-state index in [1.54, 1.807) is 36.4 Å². The molecule has 148 valence electrons. The third kappa shape index (κ3) is 4.55. The Morgan fingerprint density at radius 2 is 1.90 bits per heavy atom. The van der Waals surface area contributed by atoms with E-state index < -0.39 is 11.8 Å².